The van der Waals surface area contributed by atoms with Crippen LogP contribution in [-0.4, -0.2) is 29.8 Å². The number of anilines is 1. The number of fused-ring (bicyclic) bond motifs is 1. The first-order valence-electron chi connectivity index (χ1n) is 9.58. The summed E-state index contributed by atoms with van der Waals surface area (Å²) in [7, 11) is 0. The predicted octanol–water partition coefficient (Wildman–Crippen LogP) is 3.33. The minimum atomic E-state index is -0.848. The highest BCUT2D eigenvalue weighted by Crippen LogP contribution is 2.34. The lowest BCUT2D eigenvalue weighted by Gasteiger charge is -2.08. The minimum absolute atomic E-state index is 0.133. The Labute approximate surface area is 174 Å². The van der Waals surface area contributed by atoms with E-state index in [2.05, 4.69) is 16.8 Å². The minimum Gasteiger partial charge on any atom is -0.454 e. The molecule has 0 fully saturated rings. The number of aromatic nitrogens is 1. The summed E-state index contributed by atoms with van der Waals surface area (Å²) in [6.07, 6.45) is 2.47. The zero-order valence-corrected chi connectivity index (χ0v) is 17.2. The number of amides is 1. The molecule has 1 aliphatic rings. The molecule has 1 aliphatic heterocycles. The maximum atomic E-state index is 12.3. The predicted molar refractivity (Wildman–Crippen MR) is 110 cm³/mol. The first-order valence-corrected chi connectivity index (χ1v) is 9.58. The lowest BCUT2D eigenvalue weighted by Crippen LogP contribution is -2.21. The summed E-state index contributed by atoms with van der Waals surface area (Å²) in [5.41, 5.74) is 3.12. The summed E-state index contributed by atoms with van der Waals surface area (Å²) in [6, 6.07) is 8.72. The molecule has 0 saturated heterocycles. The maximum absolute atomic E-state index is 12.3. The van der Waals surface area contributed by atoms with E-state index in [1.807, 2.05) is 26.0 Å². The van der Waals surface area contributed by atoms with Gasteiger partial charge in [-0.1, -0.05) is 6.92 Å². The normalized spacial score (nSPS) is 12.4. The molecule has 1 N–H and O–H groups in total. The van der Waals surface area contributed by atoms with Crippen LogP contribution in [0, 0.1) is 25.2 Å². The average Bonchev–Trinajstić information content (AvgIpc) is 3.29. The quantitative estimate of drug-likeness (QED) is 0.427. The van der Waals surface area contributed by atoms with Crippen LogP contribution in [0.1, 0.15) is 30.3 Å². The Hall–Kier alpha value is -3.73. The topological polar surface area (TPSA) is 103 Å². The number of ether oxygens (including phenoxy) is 3. The zero-order valence-electron chi connectivity index (χ0n) is 17.2. The van der Waals surface area contributed by atoms with Crippen LogP contribution in [-0.2, 0) is 20.9 Å². The van der Waals surface area contributed by atoms with Crippen LogP contribution in [0.2, 0.25) is 0 Å². The van der Waals surface area contributed by atoms with Crippen LogP contribution >= 0.6 is 0 Å². The van der Waals surface area contributed by atoms with Gasteiger partial charge < -0.3 is 24.1 Å². The van der Waals surface area contributed by atoms with Gasteiger partial charge in [-0.2, -0.15) is 5.26 Å². The van der Waals surface area contributed by atoms with E-state index in [1.165, 1.54) is 6.08 Å². The molecule has 0 aliphatic carbocycles. The van der Waals surface area contributed by atoms with Gasteiger partial charge in [0.2, 0.25) is 6.79 Å². The van der Waals surface area contributed by atoms with Crippen molar-refractivity contribution in [3.8, 4) is 17.6 Å². The Morgan fingerprint density at radius 1 is 1.27 bits per heavy atom. The van der Waals surface area contributed by atoms with Gasteiger partial charge in [-0.3, -0.25) is 4.79 Å². The number of nitriles is 1. The van der Waals surface area contributed by atoms with Gasteiger partial charge in [-0.05, 0) is 50.1 Å². The smallest absolute Gasteiger partial charge is 0.349 e. The Bertz CT molecular complexity index is 1050. The molecule has 1 aromatic heterocycles. The lowest BCUT2D eigenvalue weighted by molar-refractivity contribution is -0.142. The zero-order chi connectivity index (χ0) is 21.7. The Morgan fingerprint density at radius 3 is 2.77 bits per heavy atom. The molecule has 0 unspecified atom stereocenters. The summed E-state index contributed by atoms with van der Waals surface area (Å²) < 4.78 is 17.6. The molecule has 8 nitrogen and oxygen atoms in total. The number of carbonyl (C=O) groups is 2. The number of aryl methyl sites for hydroxylation is 1. The van der Waals surface area contributed by atoms with Crippen molar-refractivity contribution in [1.82, 2.24) is 4.57 Å². The number of hydrogen-bond donors (Lipinski definition) is 1. The third kappa shape index (κ3) is 4.63. The van der Waals surface area contributed by atoms with E-state index < -0.39 is 18.5 Å². The number of esters is 1. The van der Waals surface area contributed by atoms with Crippen molar-refractivity contribution in [3.05, 3.63) is 46.8 Å². The summed E-state index contributed by atoms with van der Waals surface area (Å²) in [5.74, 6) is -0.249. The van der Waals surface area contributed by atoms with Gasteiger partial charge in [-0.15, -0.1) is 0 Å². The van der Waals surface area contributed by atoms with Crippen molar-refractivity contribution in [2.45, 2.75) is 33.7 Å². The van der Waals surface area contributed by atoms with Gasteiger partial charge in [0.1, 0.15) is 11.6 Å². The maximum Gasteiger partial charge on any atom is 0.349 e. The molecule has 3 rings (SSSR count). The first-order chi connectivity index (χ1) is 14.4. The van der Waals surface area contributed by atoms with Crippen molar-refractivity contribution < 1.29 is 23.8 Å². The van der Waals surface area contributed by atoms with Crippen molar-refractivity contribution in [2.75, 3.05) is 18.7 Å². The van der Waals surface area contributed by atoms with E-state index in [4.69, 9.17) is 14.2 Å². The molecule has 2 aromatic rings. The molecule has 8 heteroatoms. The van der Waals surface area contributed by atoms with Crippen molar-refractivity contribution in [3.63, 3.8) is 0 Å². The fraction of sp³-hybridized carbons (Fsp3) is 0.318. The largest absolute Gasteiger partial charge is 0.454 e. The average molecular weight is 409 g/mol. The molecular formula is C22H23N3O5. The van der Waals surface area contributed by atoms with E-state index in [1.54, 1.807) is 18.2 Å². The monoisotopic (exact) mass is 409 g/mol. The number of hydrogen-bond acceptors (Lipinski definition) is 6. The first kappa shape index (κ1) is 21.0. The molecule has 1 aromatic carbocycles. The highest BCUT2D eigenvalue weighted by atomic mass is 16.7. The van der Waals surface area contributed by atoms with Crippen LogP contribution in [0.15, 0.2) is 29.8 Å². The number of nitrogens with one attached hydrogen (secondary N) is 1. The van der Waals surface area contributed by atoms with Crippen LogP contribution in [0.5, 0.6) is 11.5 Å². The molecule has 0 bridgehead atoms. The molecule has 2 heterocycles. The number of benzene rings is 1. The second kappa shape index (κ2) is 9.18. The highest BCUT2D eigenvalue weighted by molar-refractivity contribution is 6.00. The molecular weight excluding hydrogens is 386 g/mol. The van der Waals surface area contributed by atoms with Gasteiger partial charge >= 0.3 is 5.97 Å². The van der Waals surface area contributed by atoms with Crippen molar-refractivity contribution >= 4 is 23.6 Å². The van der Waals surface area contributed by atoms with Gasteiger partial charge in [0.15, 0.2) is 18.1 Å². The van der Waals surface area contributed by atoms with Crippen LogP contribution < -0.4 is 14.8 Å². The summed E-state index contributed by atoms with van der Waals surface area (Å²) >= 11 is 0. The number of nitrogens with zero attached hydrogens (tertiary/aromatic N) is 2. The Kier molecular flexibility index (Phi) is 6.42. The third-order valence-electron chi connectivity index (χ3n) is 4.69. The van der Waals surface area contributed by atoms with Crippen LogP contribution in [0.3, 0.4) is 0 Å². The molecule has 0 saturated carbocycles. The molecule has 30 heavy (non-hydrogen) atoms. The standard InChI is InChI=1S/C22H23N3O5/c1-4-7-25-14(2)8-16(15(25)3)9-17(11-23)22(27)28-12-21(26)24-18-5-6-19-20(10-18)30-13-29-19/h5-6,8-10H,4,7,12-13H2,1-3H3,(H,24,26)/b17-9+. The van der Waals surface area contributed by atoms with Gasteiger partial charge in [0.05, 0.1) is 0 Å². The Balaban J connectivity index is 1.61. The molecule has 156 valence electrons. The van der Waals surface area contributed by atoms with Gasteiger partial charge in [0, 0.05) is 29.7 Å². The molecule has 0 radical (unpaired) electrons. The van der Waals surface area contributed by atoms with Crippen LogP contribution in [0.25, 0.3) is 6.08 Å². The van der Waals surface area contributed by atoms with E-state index in [0.29, 0.717) is 17.2 Å². The van der Waals surface area contributed by atoms with Crippen molar-refractivity contribution in [2.24, 2.45) is 0 Å². The Morgan fingerprint density at radius 2 is 2.03 bits per heavy atom. The highest BCUT2D eigenvalue weighted by Gasteiger charge is 2.17. The van der Waals surface area contributed by atoms with E-state index >= 15 is 0 Å². The summed E-state index contributed by atoms with van der Waals surface area (Å²) in [6.45, 7) is 6.48. The fourth-order valence-electron chi connectivity index (χ4n) is 3.21. The number of rotatable bonds is 7. The van der Waals surface area contributed by atoms with Crippen LogP contribution in [0.4, 0.5) is 5.69 Å². The third-order valence-corrected chi connectivity index (χ3v) is 4.69. The lowest BCUT2D eigenvalue weighted by atomic mass is 10.1. The van der Waals surface area contributed by atoms with Gasteiger partial charge in [0.25, 0.3) is 5.91 Å². The summed E-state index contributed by atoms with van der Waals surface area (Å²) in [4.78, 5) is 24.4. The molecule has 1 amide bonds. The van der Waals surface area contributed by atoms with E-state index in [0.717, 1.165) is 29.9 Å². The SMILES string of the molecule is CCCn1c(C)cc(/C=C(\C#N)C(=O)OCC(=O)Nc2ccc3c(c2)OCO3)c1C. The van der Waals surface area contributed by atoms with E-state index in [-0.39, 0.29) is 12.4 Å². The van der Waals surface area contributed by atoms with E-state index in [9.17, 15) is 14.9 Å². The molecule has 0 spiro atoms. The summed E-state index contributed by atoms with van der Waals surface area (Å²) in [5, 5.41) is 12.0. The second-order valence-corrected chi connectivity index (χ2v) is 6.84. The van der Waals surface area contributed by atoms with Gasteiger partial charge in [-0.25, -0.2) is 4.79 Å². The molecule has 0 atom stereocenters. The fourth-order valence-corrected chi connectivity index (χ4v) is 3.21. The van der Waals surface area contributed by atoms with Crippen molar-refractivity contribution in [1.29, 1.82) is 5.26 Å². The number of carbonyl (C=O) groups excluding carboxylic acids is 2. The second-order valence-electron chi connectivity index (χ2n) is 6.84.